The molecule has 1 aliphatic rings. The summed E-state index contributed by atoms with van der Waals surface area (Å²) in [7, 11) is 0. The number of ether oxygens (including phenoxy) is 1. The van der Waals surface area contributed by atoms with Crippen molar-refractivity contribution in [2.45, 2.75) is 58.9 Å². The van der Waals surface area contributed by atoms with E-state index in [4.69, 9.17) is 4.74 Å². The lowest BCUT2D eigenvalue weighted by Gasteiger charge is -2.39. The number of carbonyl (C=O) groups is 3. The number of nitrogens with zero attached hydrogens (tertiary/aromatic N) is 4. The van der Waals surface area contributed by atoms with Crippen LogP contribution in [0.1, 0.15) is 70.7 Å². The fourth-order valence-electron chi connectivity index (χ4n) is 4.44. The maximum atomic E-state index is 13.5. The molecule has 1 atom stereocenters. The van der Waals surface area contributed by atoms with E-state index in [1.54, 1.807) is 20.8 Å². The lowest BCUT2D eigenvalue weighted by Crippen LogP contribution is -2.56. The van der Waals surface area contributed by atoms with Crippen LogP contribution >= 0.6 is 0 Å². The number of aromatic nitrogens is 2. The number of aryl methyl sites for hydroxylation is 2. The van der Waals surface area contributed by atoms with Crippen LogP contribution in [0, 0.1) is 6.92 Å². The average molecular weight is 590 g/mol. The molecule has 1 aromatic carbocycles. The molecule has 1 unspecified atom stereocenters. The zero-order chi connectivity index (χ0) is 30.7. The number of carbonyl (C=O) groups excluding carboxylic acids is 3. The van der Waals surface area contributed by atoms with E-state index in [1.165, 1.54) is 9.80 Å². The number of benzene rings is 1. The molecule has 224 valence electrons. The third-order valence-electron chi connectivity index (χ3n) is 6.28. The first-order valence-corrected chi connectivity index (χ1v) is 12.8. The molecule has 41 heavy (non-hydrogen) atoms. The van der Waals surface area contributed by atoms with Crippen LogP contribution < -0.4 is 5.32 Å². The summed E-state index contributed by atoms with van der Waals surface area (Å²) in [5.41, 5.74) is -3.62. The first kappa shape index (κ1) is 31.6. The minimum absolute atomic E-state index is 0.0337. The molecule has 1 saturated heterocycles. The molecule has 3 amide bonds. The highest BCUT2D eigenvalue weighted by Gasteiger charge is 2.38. The van der Waals surface area contributed by atoms with Crippen molar-refractivity contribution in [1.82, 2.24) is 19.8 Å². The van der Waals surface area contributed by atoms with Gasteiger partial charge in [0.2, 0.25) is 0 Å². The zero-order valence-electron chi connectivity index (χ0n) is 22.7. The Balaban J connectivity index is 1.82. The van der Waals surface area contributed by atoms with E-state index in [-0.39, 0.29) is 49.4 Å². The Labute approximate surface area is 231 Å². The van der Waals surface area contributed by atoms with Crippen molar-refractivity contribution in [2.24, 2.45) is 0 Å². The van der Waals surface area contributed by atoms with Crippen LogP contribution in [0.4, 0.5) is 36.8 Å². The van der Waals surface area contributed by atoms with Crippen LogP contribution in [-0.2, 0) is 23.5 Å². The summed E-state index contributed by atoms with van der Waals surface area (Å²) >= 11 is 0. The number of nitrogens with one attached hydrogen (secondary N) is 1. The van der Waals surface area contributed by atoms with Crippen molar-refractivity contribution >= 4 is 23.6 Å². The number of alkyl halides is 6. The third-order valence-corrected chi connectivity index (χ3v) is 6.28. The van der Waals surface area contributed by atoms with Gasteiger partial charge in [-0.1, -0.05) is 13.3 Å². The highest BCUT2D eigenvalue weighted by atomic mass is 19.4. The summed E-state index contributed by atoms with van der Waals surface area (Å²) in [6.07, 6.45) is -9.11. The van der Waals surface area contributed by atoms with E-state index in [9.17, 15) is 40.7 Å². The molecule has 2 heterocycles. The first-order valence-electron chi connectivity index (χ1n) is 12.8. The van der Waals surface area contributed by atoms with E-state index in [2.05, 4.69) is 15.3 Å². The lowest BCUT2D eigenvalue weighted by molar-refractivity contribution is -0.143. The van der Waals surface area contributed by atoms with Crippen molar-refractivity contribution in [3.05, 3.63) is 52.1 Å². The molecule has 9 nitrogen and oxygen atoms in total. The quantitative estimate of drug-likeness (QED) is 0.361. The molecule has 1 fully saturated rings. The van der Waals surface area contributed by atoms with E-state index < -0.39 is 53.1 Å². The molecule has 0 spiro atoms. The number of urea groups is 1. The van der Waals surface area contributed by atoms with Crippen LogP contribution in [0.2, 0.25) is 0 Å². The lowest BCUT2D eigenvalue weighted by atomic mass is 10.1. The summed E-state index contributed by atoms with van der Waals surface area (Å²) < 4.78 is 84.3. The van der Waals surface area contributed by atoms with Crippen LogP contribution in [0.5, 0.6) is 0 Å². The predicted octanol–water partition coefficient (Wildman–Crippen LogP) is 5.33. The summed E-state index contributed by atoms with van der Waals surface area (Å²) in [6, 6.07) is -0.828. The van der Waals surface area contributed by atoms with Gasteiger partial charge in [0.05, 0.1) is 23.4 Å². The highest BCUT2D eigenvalue weighted by Crippen LogP contribution is 2.37. The minimum atomic E-state index is -5.07. The van der Waals surface area contributed by atoms with Gasteiger partial charge in [0.25, 0.3) is 5.91 Å². The second kappa shape index (κ2) is 12.3. The Bertz CT molecular complexity index is 1280. The van der Waals surface area contributed by atoms with E-state index >= 15 is 0 Å². The van der Waals surface area contributed by atoms with Crippen LogP contribution in [-0.4, -0.2) is 70.0 Å². The SMILES string of the molecule is CCCc1nc(C)nc(C(=O)N2CCN(C(=O)Nc3cc(C(F)(F)F)cc(C(F)(F)F)c3)C(C)C2)c1C(=O)OCC. The highest BCUT2D eigenvalue weighted by molar-refractivity contribution is 6.04. The molecule has 3 rings (SSSR count). The normalized spacial score (nSPS) is 16.0. The largest absolute Gasteiger partial charge is 0.462 e. The fourth-order valence-corrected chi connectivity index (χ4v) is 4.44. The minimum Gasteiger partial charge on any atom is -0.462 e. The number of anilines is 1. The maximum absolute atomic E-state index is 13.5. The monoisotopic (exact) mass is 589 g/mol. The van der Waals surface area contributed by atoms with Crippen molar-refractivity contribution in [3.8, 4) is 0 Å². The van der Waals surface area contributed by atoms with E-state index in [0.717, 1.165) is 0 Å². The average Bonchev–Trinajstić information content (AvgIpc) is 2.86. The number of hydrogen-bond donors (Lipinski definition) is 1. The van der Waals surface area contributed by atoms with Crippen molar-refractivity contribution < 1.29 is 45.5 Å². The standard InChI is InChI=1S/C26H29F6N5O4/c1-5-7-19-20(23(39)41-6-2)21(34-15(4)33-19)22(38)36-8-9-37(14(3)13-36)24(40)35-18-11-16(25(27,28)29)10-17(12-18)26(30,31)32/h10-12,14H,5-9,13H2,1-4H3,(H,35,40). The molecule has 15 heteroatoms. The predicted molar refractivity (Wildman–Crippen MR) is 134 cm³/mol. The Morgan fingerprint density at radius 2 is 1.61 bits per heavy atom. The molecule has 1 aromatic heterocycles. The molecule has 0 radical (unpaired) electrons. The van der Waals surface area contributed by atoms with Gasteiger partial charge < -0.3 is 19.9 Å². The summed E-state index contributed by atoms with van der Waals surface area (Å²) in [6.45, 7) is 6.52. The summed E-state index contributed by atoms with van der Waals surface area (Å²) in [5, 5.41) is 2.11. The number of amides is 3. The van der Waals surface area contributed by atoms with Crippen molar-refractivity contribution in [1.29, 1.82) is 0 Å². The molecule has 0 bridgehead atoms. The molecular formula is C26H29F6N5O4. The van der Waals surface area contributed by atoms with Crippen molar-refractivity contribution in [2.75, 3.05) is 31.6 Å². The molecular weight excluding hydrogens is 560 g/mol. The second-order valence-corrected chi connectivity index (χ2v) is 9.43. The molecule has 1 N–H and O–H groups in total. The van der Waals surface area contributed by atoms with Gasteiger partial charge >= 0.3 is 24.4 Å². The van der Waals surface area contributed by atoms with Gasteiger partial charge in [0, 0.05) is 31.4 Å². The number of piperazine rings is 1. The second-order valence-electron chi connectivity index (χ2n) is 9.43. The van der Waals surface area contributed by atoms with Crippen molar-refractivity contribution in [3.63, 3.8) is 0 Å². The Hall–Kier alpha value is -3.91. The molecule has 0 saturated carbocycles. The van der Waals surface area contributed by atoms with Gasteiger partial charge in [-0.15, -0.1) is 0 Å². The summed E-state index contributed by atoms with van der Waals surface area (Å²) in [4.78, 5) is 50.2. The number of rotatable bonds is 6. The third kappa shape index (κ3) is 7.44. The molecule has 1 aliphatic heterocycles. The molecule has 2 aromatic rings. The van der Waals surface area contributed by atoms with E-state index in [1.807, 2.05) is 6.92 Å². The zero-order valence-corrected chi connectivity index (χ0v) is 22.7. The van der Waals surface area contributed by atoms with Gasteiger partial charge in [-0.2, -0.15) is 26.3 Å². The number of hydrogen-bond acceptors (Lipinski definition) is 6. The van der Waals surface area contributed by atoms with E-state index in [0.29, 0.717) is 30.7 Å². The van der Waals surface area contributed by atoms with Crippen LogP contribution in [0.25, 0.3) is 0 Å². The van der Waals surface area contributed by atoms with Crippen LogP contribution in [0.15, 0.2) is 18.2 Å². The van der Waals surface area contributed by atoms with Crippen LogP contribution in [0.3, 0.4) is 0 Å². The fraction of sp³-hybridized carbons (Fsp3) is 0.500. The van der Waals surface area contributed by atoms with Gasteiger partial charge in [-0.3, -0.25) is 4.79 Å². The molecule has 0 aliphatic carbocycles. The number of esters is 1. The van der Waals surface area contributed by atoms with Gasteiger partial charge in [0.15, 0.2) is 0 Å². The Kier molecular flexibility index (Phi) is 9.49. The van der Waals surface area contributed by atoms with Gasteiger partial charge in [-0.05, 0) is 45.4 Å². The Morgan fingerprint density at radius 3 is 2.12 bits per heavy atom. The van der Waals surface area contributed by atoms with Gasteiger partial charge in [0.1, 0.15) is 17.1 Å². The first-order chi connectivity index (χ1) is 19.1. The summed E-state index contributed by atoms with van der Waals surface area (Å²) in [5.74, 6) is -1.07. The maximum Gasteiger partial charge on any atom is 0.416 e. The Morgan fingerprint density at radius 1 is 1.00 bits per heavy atom. The number of halogens is 6. The topological polar surface area (TPSA) is 105 Å². The van der Waals surface area contributed by atoms with Gasteiger partial charge in [-0.25, -0.2) is 19.6 Å². The smallest absolute Gasteiger partial charge is 0.416 e.